The van der Waals surface area contributed by atoms with Gasteiger partial charge in [-0.15, -0.1) is 0 Å². The second kappa shape index (κ2) is 8.95. The molecule has 0 aliphatic carbocycles. The summed E-state index contributed by atoms with van der Waals surface area (Å²) in [5.74, 6) is -0.00855. The van der Waals surface area contributed by atoms with Gasteiger partial charge in [0.1, 0.15) is 0 Å². The highest BCUT2D eigenvalue weighted by atomic mass is 16.1. The number of amides is 1. The van der Waals surface area contributed by atoms with E-state index in [1.54, 1.807) is 12.4 Å². The first-order valence-electron chi connectivity index (χ1n) is 10.4. The van der Waals surface area contributed by atoms with E-state index in [1.165, 1.54) is 4.68 Å². The number of para-hydroxylation sites is 1. The zero-order chi connectivity index (χ0) is 21.8. The Hall–Kier alpha value is -3.74. The van der Waals surface area contributed by atoms with Gasteiger partial charge in [0, 0.05) is 35.9 Å². The van der Waals surface area contributed by atoms with E-state index in [0.717, 1.165) is 28.2 Å². The first-order chi connectivity index (χ1) is 15.1. The summed E-state index contributed by atoms with van der Waals surface area (Å²) in [6.45, 7) is 5.03. The highest BCUT2D eigenvalue weighted by molar-refractivity contribution is 5.87. The van der Waals surface area contributed by atoms with Crippen LogP contribution in [0.2, 0.25) is 0 Å². The molecule has 3 heterocycles. The van der Waals surface area contributed by atoms with E-state index in [0.29, 0.717) is 31.3 Å². The molecule has 1 N–H and O–H groups in total. The van der Waals surface area contributed by atoms with Gasteiger partial charge in [-0.25, -0.2) is 0 Å². The van der Waals surface area contributed by atoms with Gasteiger partial charge in [-0.05, 0) is 44.5 Å². The largest absolute Gasteiger partial charge is 0.350 e. The number of rotatable bonds is 7. The van der Waals surface area contributed by atoms with Crippen molar-refractivity contribution >= 4 is 16.7 Å². The molecule has 0 unspecified atom stereocenters. The summed E-state index contributed by atoms with van der Waals surface area (Å²) in [5, 5.41) is 8.81. The number of aryl methyl sites for hydroxylation is 2. The number of hydrogen-bond donors (Lipinski definition) is 1. The topological polar surface area (TPSA) is 81.8 Å². The lowest BCUT2D eigenvalue weighted by Gasteiger charge is -2.09. The summed E-state index contributed by atoms with van der Waals surface area (Å²) in [7, 11) is 0. The monoisotopic (exact) mass is 415 g/mol. The van der Waals surface area contributed by atoms with Gasteiger partial charge in [0.25, 0.3) is 5.56 Å². The Bertz CT molecular complexity index is 1260. The first-order valence-corrected chi connectivity index (χ1v) is 10.4. The van der Waals surface area contributed by atoms with E-state index in [4.69, 9.17) is 0 Å². The standard InChI is InChI=1S/C24H25N5O2/c1-17-21-16-27-29(20-10-4-3-5-11-20)24(31)23(21)18(2)28(17)14-8-12-22(30)26-15-19-9-6-7-13-25-19/h3-7,9-11,13,16H,8,12,14-15H2,1-2H3,(H,26,30). The Labute approximate surface area is 180 Å². The molecule has 4 rings (SSSR count). The molecule has 0 aliphatic rings. The van der Waals surface area contributed by atoms with Crippen LogP contribution >= 0.6 is 0 Å². The minimum absolute atomic E-state index is 0.00855. The number of benzene rings is 1. The van der Waals surface area contributed by atoms with Crippen molar-refractivity contribution in [3.05, 3.63) is 88.4 Å². The average Bonchev–Trinajstić information content (AvgIpc) is 3.04. The molecule has 0 atom stereocenters. The minimum Gasteiger partial charge on any atom is -0.350 e. The van der Waals surface area contributed by atoms with Crippen molar-refractivity contribution in [3.63, 3.8) is 0 Å². The molecule has 0 fully saturated rings. The summed E-state index contributed by atoms with van der Waals surface area (Å²) < 4.78 is 3.54. The average molecular weight is 415 g/mol. The lowest BCUT2D eigenvalue weighted by atomic mass is 10.2. The number of aromatic nitrogens is 4. The molecule has 0 bridgehead atoms. The van der Waals surface area contributed by atoms with Gasteiger partial charge in [-0.1, -0.05) is 24.3 Å². The number of carbonyl (C=O) groups excluding carboxylic acids is 1. The molecule has 0 spiro atoms. The molecule has 1 aromatic carbocycles. The van der Waals surface area contributed by atoms with Crippen LogP contribution in [0.4, 0.5) is 0 Å². The van der Waals surface area contributed by atoms with E-state index in [9.17, 15) is 9.59 Å². The van der Waals surface area contributed by atoms with Crippen LogP contribution in [-0.2, 0) is 17.9 Å². The summed E-state index contributed by atoms with van der Waals surface area (Å²) in [6, 6.07) is 15.0. The molecule has 7 heteroatoms. The maximum atomic E-state index is 13.1. The lowest BCUT2D eigenvalue weighted by molar-refractivity contribution is -0.121. The molecule has 1 amide bonds. The van der Waals surface area contributed by atoms with E-state index in [1.807, 2.05) is 62.4 Å². The van der Waals surface area contributed by atoms with Gasteiger partial charge >= 0.3 is 0 Å². The Morgan fingerprint density at radius 3 is 2.55 bits per heavy atom. The third-order valence-electron chi connectivity index (χ3n) is 5.52. The van der Waals surface area contributed by atoms with Crippen LogP contribution in [0.25, 0.3) is 16.5 Å². The van der Waals surface area contributed by atoms with Crippen molar-refractivity contribution in [3.8, 4) is 5.69 Å². The fraction of sp³-hybridized carbons (Fsp3) is 0.250. The predicted molar refractivity (Wildman–Crippen MR) is 120 cm³/mol. The van der Waals surface area contributed by atoms with Crippen molar-refractivity contribution < 1.29 is 4.79 Å². The van der Waals surface area contributed by atoms with Crippen molar-refractivity contribution in [1.29, 1.82) is 0 Å². The molecule has 158 valence electrons. The number of fused-ring (bicyclic) bond motifs is 1. The van der Waals surface area contributed by atoms with Gasteiger partial charge in [0.15, 0.2) is 0 Å². The molecule has 0 saturated carbocycles. The Balaban J connectivity index is 1.47. The predicted octanol–water partition coefficient (Wildman–Crippen LogP) is 3.30. The van der Waals surface area contributed by atoms with Crippen molar-refractivity contribution in [2.75, 3.05) is 0 Å². The van der Waals surface area contributed by atoms with E-state index in [-0.39, 0.29) is 11.5 Å². The summed E-state index contributed by atoms with van der Waals surface area (Å²) >= 11 is 0. The molecule has 3 aromatic heterocycles. The molecule has 0 aliphatic heterocycles. The zero-order valence-corrected chi connectivity index (χ0v) is 17.7. The van der Waals surface area contributed by atoms with Crippen LogP contribution in [0.1, 0.15) is 29.9 Å². The second-order valence-corrected chi connectivity index (χ2v) is 7.51. The van der Waals surface area contributed by atoms with Crippen LogP contribution in [-0.4, -0.2) is 25.2 Å². The van der Waals surface area contributed by atoms with E-state index in [2.05, 4.69) is 20.0 Å². The van der Waals surface area contributed by atoms with E-state index >= 15 is 0 Å². The lowest BCUT2D eigenvalue weighted by Crippen LogP contribution is -2.23. The van der Waals surface area contributed by atoms with Gasteiger partial charge in [0.05, 0.1) is 29.5 Å². The molecule has 4 aromatic rings. The SMILES string of the molecule is Cc1c2cnn(-c3ccccc3)c(=O)c2c(C)n1CCCC(=O)NCc1ccccn1. The van der Waals surface area contributed by atoms with Gasteiger partial charge < -0.3 is 9.88 Å². The molecular formula is C24H25N5O2. The Kier molecular flexibility index (Phi) is 5.93. The second-order valence-electron chi connectivity index (χ2n) is 7.51. The number of nitrogens with one attached hydrogen (secondary N) is 1. The fourth-order valence-electron chi connectivity index (χ4n) is 3.88. The van der Waals surface area contributed by atoms with Gasteiger partial charge in [0.2, 0.25) is 5.91 Å². The van der Waals surface area contributed by atoms with Gasteiger partial charge in [-0.2, -0.15) is 9.78 Å². The fourth-order valence-corrected chi connectivity index (χ4v) is 3.88. The van der Waals surface area contributed by atoms with Crippen molar-refractivity contribution in [1.82, 2.24) is 24.6 Å². The summed E-state index contributed by atoms with van der Waals surface area (Å²) in [4.78, 5) is 29.5. The number of nitrogens with zero attached hydrogens (tertiary/aromatic N) is 4. The maximum absolute atomic E-state index is 13.1. The van der Waals surface area contributed by atoms with Crippen LogP contribution in [0.3, 0.4) is 0 Å². The van der Waals surface area contributed by atoms with Gasteiger partial charge in [-0.3, -0.25) is 14.6 Å². The van der Waals surface area contributed by atoms with Crippen LogP contribution in [0.15, 0.2) is 65.7 Å². The van der Waals surface area contributed by atoms with Crippen molar-refractivity contribution in [2.24, 2.45) is 0 Å². The van der Waals surface area contributed by atoms with Crippen LogP contribution in [0, 0.1) is 13.8 Å². The highest BCUT2D eigenvalue weighted by Crippen LogP contribution is 2.23. The smallest absolute Gasteiger partial charge is 0.281 e. The Morgan fingerprint density at radius 2 is 1.81 bits per heavy atom. The minimum atomic E-state index is -0.129. The quantitative estimate of drug-likeness (QED) is 0.502. The summed E-state index contributed by atoms with van der Waals surface area (Å²) in [5.41, 5.74) is 3.34. The number of hydrogen-bond acceptors (Lipinski definition) is 4. The summed E-state index contributed by atoms with van der Waals surface area (Å²) in [6.07, 6.45) is 4.55. The van der Waals surface area contributed by atoms with E-state index < -0.39 is 0 Å². The highest BCUT2D eigenvalue weighted by Gasteiger charge is 2.17. The zero-order valence-electron chi connectivity index (χ0n) is 17.7. The molecule has 0 saturated heterocycles. The van der Waals surface area contributed by atoms with Crippen LogP contribution in [0.5, 0.6) is 0 Å². The number of pyridine rings is 1. The maximum Gasteiger partial charge on any atom is 0.281 e. The normalized spacial score (nSPS) is 11.0. The third kappa shape index (κ3) is 4.26. The Morgan fingerprint density at radius 1 is 1.03 bits per heavy atom. The van der Waals surface area contributed by atoms with Crippen LogP contribution < -0.4 is 10.9 Å². The first kappa shape index (κ1) is 20.5. The van der Waals surface area contributed by atoms with Crippen molar-refractivity contribution in [2.45, 2.75) is 39.8 Å². The number of carbonyl (C=O) groups is 1. The molecular weight excluding hydrogens is 390 g/mol. The molecule has 0 radical (unpaired) electrons. The molecule has 7 nitrogen and oxygen atoms in total. The third-order valence-corrected chi connectivity index (χ3v) is 5.52. The molecule has 31 heavy (non-hydrogen) atoms.